The highest BCUT2D eigenvalue weighted by Gasteiger charge is 2.36. The normalized spacial score (nSPS) is 21.2. The van der Waals surface area contributed by atoms with E-state index in [-0.39, 0.29) is 30.0 Å². The number of carbonyl (C=O) groups is 1. The number of nitrogens with one attached hydrogen (secondary N) is 1. The van der Waals surface area contributed by atoms with E-state index in [1.807, 2.05) is 4.90 Å². The van der Waals surface area contributed by atoms with Crippen LogP contribution in [0.5, 0.6) is 0 Å². The molecule has 1 aliphatic heterocycles. The lowest BCUT2D eigenvalue weighted by molar-refractivity contribution is -0.121. The van der Waals surface area contributed by atoms with Crippen LogP contribution in [-0.2, 0) is 14.6 Å². The van der Waals surface area contributed by atoms with Gasteiger partial charge in [0, 0.05) is 37.9 Å². The Morgan fingerprint density at radius 3 is 2.75 bits per heavy atom. The number of anilines is 2. The molecule has 1 saturated heterocycles. The van der Waals surface area contributed by atoms with Crippen molar-refractivity contribution in [3.63, 3.8) is 0 Å². The molecule has 2 heterocycles. The molecule has 8 nitrogen and oxygen atoms in total. The lowest BCUT2D eigenvalue weighted by Gasteiger charge is -2.22. The van der Waals surface area contributed by atoms with Crippen LogP contribution in [0.4, 0.5) is 11.8 Å². The monoisotopic (exact) mass is 355 g/mol. The number of carbonyl (C=O) groups excluding carboxylic acids is 1. The lowest BCUT2D eigenvalue weighted by atomic mass is 9.91. The zero-order valence-electron chi connectivity index (χ0n) is 14.3. The van der Waals surface area contributed by atoms with Gasteiger partial charge in [0.25, 0.3) is 0 Å². The van der Waals surface area contributed by atoms with Crippen LogP contribution in [0.2, 0.25) is 0 Å². The highest BCUT2D eigenvalue weighted by Crippen LogP contribution is 2.27. The first-order valence-electron chi connectivity index (χ1n) is 7.96. The molecule has 3 N–H and O–H groups in total. The Hall–Kier alpha value is -1.90. The first-order valence-corrected chi connectivity index (χ1v) is 10.0. The van der Waals surface area contributed by atoms with Crippen molar-refractivity contribution in [2.24, 2.45) is 11.8 Å². The summed E-state index contributed by atoms with van der Waals surface area (Å²) in [5, 5.41) is 2.97. The second-order valence-electron chi connectivity index (χ2n) is 6.65. The van der Waals surface area contributed by atoms with Crippen LogP contribution >= 0.6 is 0 Å². The predicted molar refractivity (Wildman–Crippen MR) is 93.2 cm³/mol. The molecule has 9 heteroatoms. The quantitative estimate of drug-likeness (QED) is 0.741. The molecule has 1 fully saturated rings. The summed E-state index contributed by atoms with van der Waals surface area (Å²) in [4.78, 5) is 22.5. The molecule has 0 unspecified atom stereocenters. The number of nitrogens with zero attached hydrogens (tertiary/aromatic N) is 3. The van der Waals surface area contributed by atoms with Crippen molar-refractivity contribution in [2.45, 2.75) is 26.3 Å². The maximum absolute atomic E-state index is 12.1. The van der Waals surface area contributed by atoms with Gasteiger partial charge in [-0.2, -0.15) is 4.98 Å². The number of nitrogen functional groups attached to an aromatic ring is 1. The van der Waals surface area contributed by atoms with E-state index in [2.05, 4.69) is 29.1 Å². The molecule has 0 aliphatic carbocycles. The summed E-state index contributed by atoms with van der Waals surface area (Å²) in [7, 11) is -3.15. The second kappa shape index (κ2) is 7.33. The van der Waals surface area contributed by atoms with Crippen LogP contribution in [0.1, 0.15) is 20.3 Å². The summed E-state index contributed by atoms with van der Waals surface area (Å²) in [6.07, 6.45) is 2.72. The molecule has 2 atom stereocenters. The van der Waals surface area contributed by atoms with Crippen molar-refractivity contribution in [3.8, 4) is 0 Å². The second-order valence-corrected chi connectivity index (χ2v) is 8.91. The van der Waals surface area contributed by atoms with Crippen LogP contribution in [0, 0.1) is 11.8 Å². The third kappa shape index (κ3) is 5.05. The number of aromatic nitrogens is 2. The highest BCUT2D eigenvalue weighted by molar-refractivity contribution is 7.90. The van der Waals surface area contributed by atoms with E-state index >= 15 is 0 Å². The van der Waals surface area contributed by atoms with Crippen LogP contribution < -0.4 is 16.0 Å². The third-order valence-electron chi connectivity index (χ3n) is 4.21. The van der Waals surface area contributed by atoms with Gasteiger partial charge in [-0.3, -0.25) is 4.79 Å². The van der Waals surface area contributed by atoms with E-state index in [4.69, 9.17) is 5.73 Å². The van der Waals surface area contributed by atoms with Gasteiger partial charge in [-0.25, -0.2) is 13.4 Å². The molecule has 134 valence electrons. The van der Waals surface area contributed by atoms with Crippen LogP contribution in [0.15, 0.2) is 12.3 Å². The number of amides is 1. The fourth-order valence-electron chi connectivity index (χ4n) is 2.89. The van der Waals surface area contributed by atoms with Crippen molar-refractivity contribution in [1.29, 1.82) is 0 Å². The number of hydrogen-bond donors (Lipinski definition) is 2. The first-order chi connectivity index (χ1) is 11.2. The van der Waals surface area contributed by atoms with Crippen molar-refractivity contribution in [1.82, 2.24) is 15.3 Å². The minimum atomic E-state index is -3.15. The summed E-state index contributed by atoms with van der Waals surface area (Å²) in [5.74, 6) is 1.16. The van der Waals surface area contributed by atoms with E-state index in [0.717, 1.165) is 12.8 Å². The van der Waals surface area contributed by atoms with Gasteiger partial charge in [0.15, 0.2) is 0 Å². The molecule has 1 aromatic heterocycles. The molecule has 24 heavy (non-hydrogen) atoms. The largest absolute Gasteiger partial charge is 0.384 e. The molecule has 1 aliphatic rings. The number of rotatable bonds is 6. The Bertz CT molecular complexity index is 692. The van der Waals surface area contributed by atoms with Crippen molar-refractivity contribution >= 4 is 27.5 Å². The molecule has 2 rings (SSSR count). The van der Waals surface area contributed by atoms with Crippen molar-refractivity contribution in [2.75, 3.05) is 35.7 Å². The fraction of sp³-hybridized carbons (Fsp3) is 0.667. The Kier molecular flexibility index (Phi) is 5.63. The average molecular weight is 355 g/mol. The topological polar surface area (TPSA) is 118 Å². The standard InChI is InChI=1S/C15H25N5O3S/c1-10(2)11-8-20(15-17-6-4-13(16)19-15)9-12(11)18-14(21)5-7-24(3,22)23/h4,6,10-12H,5,7-9H2,1-3H3,(H,18,21)(H2,16,17,19)/t11-,12+/m0/s1. The SMILES string of the molecule is CC(C)[C@@H]1CN(c2nccc(N)n2)C[C@H]1NC(=O)CCS(C)(=O)=O. The Morgan fingerprint density at radius 1 is 1.46 bits per heavy atom. The van der Waals surface area contributed by atoms with Crippen molar-refractivity contribution < 1.29 is 13.2 Å². The van der Waals surface area contributed by atoms with Crippen LogP contribution in [0.25, 0.3) is 0 Å². The number of hydrogen-bond acceptors (Lipinski definition) is 7. The van der Waals surface area contributed by atoms with E-state index in [1.165, 1.54) is 0 Å². The van der Waals surface area contributed by atoms with Gasteiger partial charge < -0.3 is 16.0 Å². The zero-order valence-corrected chi connectivity index (χ0v) is 15.1. The summed E-state index contributed by atoms with van der Waals surface area (Å²) >= 11 is 0. The highest BCUT2D eigenvalue weighted by atomic mass is 32.2. The maximum atomic E-state index is 12.1. The summed E-state index contributed by atoms with van der Waals surface area (Å²) in [6, 6.07) is 1.56. The van der Waals surface area contributed by atoms with Crippen LogP contribution in [0.3, 0.4) is 0 Å². The Labute approximate surface area is 142 Å². The van der Waals surface area contributed by atoms with Gasteiger partial charge in [-0.05, 0) is 12.0 Å². The van der Waals surface area contributed by atoms with E-state index < -0.39 is 9.84 Å². The number of nitrogens with two attached hydrogens (primary N) is 1. The van der Waals surface area contributed by atoms with Gasteiger partial charge in [-0.15, -0.1) is 0 Å². The lowest BCUT2D eigenvalue weighted by Crippen LogP contribution is -2.42. The van der Waals surface area contributed by atoms with Gasteiger partial charge in [0.2, 0.25) is 11.9 Å². The van der Waals surface area contributed by atoms with Gasteiger partial charge in [-0.1, -0.05) is 13.8 Å². The predicted octanol–water partition coefficient (Wildman–Crippen LogP) is 0.0705. The summed E-state index contributed by atoms with van der Waals surface area (Å²) in [6.45, 7) is 5.50. The zero-order chi connectivity index (χ0) is 17.9. The minimum Gasteiger partial charge on any atom is -0.384 e. The molecule has 0 saturated carbocycles. The van der Waals surface area contributed by atoms with E-state index in [9.17, 15) is 13.2 Å². The third-order valence-corrected chi connectivity index (χ3v) is 5.16. The molecular weight excluding hydrogens is 330 g/mol. The summed E-state index contributed by atoms with van der Waals surface area (Å²) < 4.78 is 22.4. The fourth-order valence-corrected chi connectivity index (χ4v) is 3.45. The minimum absolute atomic E-state index is 0.0189. The number of sulfone groups is 1. The summed E-state index contributed by atoms with van der Waals surface area (Å²) in [5.41, 5.74) is 5.71. The van der Waals surface area contributed by atoms with E-state index in [0.29, 0.717) is 24.2 Å². The Morgan fingerprint density at radius 2 is 2.17 bits per heavy atom. The molecule has 1 aromatic rings. The smallest absolute Gasteiger partial charge is 0.227 e. The molecule has 0 spiro atoms. The molecular formula is C15H25N5O3S. The molecule has 1 amide bonds. The molecule has 0 aromatic carbocycles. The Balaban J connectivity index is 2.04. The first kappa shape index (κ1) is 18.4. The van der Waals surface area contributed by atoms with Gasteiger partial charge in [0.05, 0.1) is 11.8 Å². The van der Waals surface area contributed by atoms with Crippen molar-refractivity contribution in [3.05, 3.63) is 12.3 Å². The van der Waals surface area contributed by atoms with E-state index in [1.54, 1.807) is 12.3 Å². The molecule has 0 radical (unpaired) electrons. The average Bonchev–Trinajstić information content (AvgIpc) is 2.88. The van der Waals surface area contributed by atoms with Crippen LogP contribution in [-0.4, -0.2) is 55.4 Å². The van der Waals surface area contributed by atoms with Gasteiger partial charge in [0.1, 0.15) is 15.7 Å². The maximum Gasteiger partial charge on any atom is 0.227 e. The molecule has 0 bridgehead atoms. The van der Waals surface area contributed by atoms with Gasteiger partial charge >= 0.3 is 0 Å².